The van der Waals surface area contributed by atoms with E-state index < -0.39 is 0 Å². The molecule has 0 radical (unpaired) electrons. The molecular weight excluding hydrogens is 238 g/mol. The van der Waals surface area contributed by atoms with Crippen LogP contribution in [0.1, 0.15) is 23.8 Å². The zero-order valence-corrected chi connectivity index (χ0v) is 11.6. The average molecular weight is 258 g/mol. The normalized spacial score (nSPS) is 14.1. The summed E-state index contributed by atoms with van der Waals surface area (Å²) in [4.78, 5) is 1.42. The van der Waals surface area contributed by atoms with Crippen LogP contribution in [0.3, 0.4) is 0 Å². The third kappa shape index (κ3) is 3.09. The van der Waals surface area contributed by atoms with E-state index in [0.717, 1.165) is 13.0 Å². The van der Waals surface area contributed by atoms with Crippen molar-refractivity contribution in [2.75, 3.05) is 0 Å². The first kappa shape index (κ1) is 13.1. The van der Waals surface area contributed by atoms with E-state index in [2.05, 4.69) is 66.7 Å². The molecule has 1 aromatic heterocycles. The number of hydrogen-bond donors (Lipinski definition) is 1. The minimum Gasteiger partial charge on any atom is -0.333 e. The predicted octanol–water partition coefficient (Wildman–Crippen LogP) is 3.30. The summed E-state index contributed by atoms with van der Waals surface area (Å²) in [6, 6.07) is 15.0. The molecule has 2 N–H and O–H groups in total. The molecule has 1 atom stereocenters. The smallest absolute Gasteiger partial charge is 0.132 e. The Kier molecular flexibility index (Phi) is 4.34. The van der Waals surface area contributed by atoms with E-state index in [9.17, 15) is 0 Å². The second-order valence-electron chi connectivity index (χ2n) is 4.78. The molecule has 0 aliphatic heterocycles. The maximum atomic E-state index is 3.90. The van der Waals surface area contributed by atoms with Gasteiger partial charge in [0.15, 0.2) is 0 Å². The standard InChI is InChI=1S/C16H19NS/c1-3-11-16(2,15-10-7-12-18-15)17-13-14-8-5-4-6-9-14/h3-10,12,17H,1,11,13H2,2H3/p+1/t16-/m1/s1. The molecule has 1 nitrogen and oxygen atoms in total. The lowest BCUT2D eigenvalue weighted by Crippen LogP contribution is -2.92. The minimum absolute atomic E-state index is 0.103. The molecule has 0 aliphatic carbocycles. The summed E-state index contributed by atoms with van der Waals surface area (Å²) in [5.74, 6) is 0. The van der Waals surface area contributed by atoms with Crippen LogP contribution in [-0.2, 0) is 12.1 Å². The van der Waals surface area contributed by atoms with Crippen molar-refractivity contribution in [2.24, 2.45) is 0 Å². The van der Waals surface area contributed by atoms with Crippen LogP contribution in [0.25, 0.3) is 0 Å². The highest BCUT2D eigenvalue weighted by molar-refractivity contribution is 7.10. The van der Waals surface area contributed by atoms with Crippen LogP contribution in [0.4, 0.5) is 0 Å². The van der Waals surface area contributed by atoms with E-state index >= 15 is 0 Å². The van der Waals surface area contributed by atoms with E-state index in [4.69, 9.17) is 0 Å². The van der Waals surface area contributed by atoms with E-state index in [-0.39, 0.29) is 5.54 Å². The van der Waals surface area contributed by atoms with Crippen LogP contribution in [0, 0.1) is 0 Å². The van der Waals surface area contributed by atoms with Crippen molar-refractivity contribution in [2.45, 2.75) is 25.4 Å². The summed E-state index contributed by atoms with van der Waals surface area (Å²) < 4.78 is 0. The fourth-order valence-electron chi connectivity index (χ4n) is 2.15. The fourth-order valence-corrected chi connectivity index (χ4v) is 3.04. The quantitative estimate of drug-likeness (QED) is 0.766. The topological polar surface area (TPSA) is 16.6 Å². The summed E-state index contributed by atoms with van der Waals surface area (Å²) in [6.45, 7) is 7.19. The summed E-state index contributed by atoms with van der Waals surface area (Å²) in [5, 5.41) is 4.56. The molecular formula is C16H20NS+. The van der Waals surface area contributed by atoms with Crippen LogP contribution in [0.5, 0.6) is 0 Å². The van der Waals surface area contributed by atoms with Crippen LogP contribution < -0.4 is 5.32 Å². The van der Waals surface area contributed by atoms with Gasteiger partial charge in [0.05, 0.1) is 4.88 Å². The van der Waals surface area contributed by atoms with E-state index in [1.165, 1.54) is 10.4 Å². The summed E-state index contributed by atoms with van der Waals surface area (Å²) in [7, 11) is 0. The van der Waals surface area contributed by atoms with Crippen molar-refractivity contribution in [3.8, 4) is 0 Å². The zero-order valence-electron chi connectivity index (χ0n) is 10.8. The van der Waals surface area contributed by atoms with Gasteiger partial charge in [-0.3, -0.25) is 0 Å². The lowest BCUT2D eigenvalue weighted by atomic mass is 9.95. The highest BCUT2D eigenvalue weighted by Crippen LogP contribution is 2.25. The van der Waals surface area contributed by atoms with Crippen LogP contribution >= 0.6 is 11.3 Å². The summed E-state index contributed by atoms with van der Waals surface area (Å²) in [5.41, 5.74) is 1.47. The van der Waals surface area contributed by atoms with Crippen LogP contribution in [0.2, 0.25) is 0 Å². The first-order valence-electron chi connectivity index (χ1n) is 6.28. The Balaban J connectivity index is 2.09. The van der Waals surface area contributed by atoms with Gasteiger partial charge in [0, 0.05) is 12.0 Å². The van der Waals surface area contributed by atoms with Crippen molar-refractivity contribution in [3.63, 3.8) is 0 Å². The van der Waals surface area contributed by atoms with E-state index in [1.807, 2.05) is 17.4 Å². The third-order valence-corrected chi connectivity index (χ3v) is 4.43. The van der Waals surface area contributed by atoms with Gasteiger partial charge in [-0.15, -0.1) is 17.9 Å². The number of nitrogens with two attached hydrogens (primary N) is 1. The van der Waals surface area contributed by atoms with Crippen molar-refractivity contribution < 1.29 is 5.32 Å². The number of quaternary nitrogens is 1. The van der Waals surface area contributed by atoms with Crippen molar-refractivity contribution in [1.29, 1.82) is 0 Å². The molecule has 1 aromatic carbocycles. The number of hydrogen-bond acceptors (Lipinski definition) is 1. The van der Waals surface area contributed by atoms with Gasteiger partial charge in [0.25, 0.3) is 0 Å². The maximum absolute atomic E-state index is 3.90. The second-order valence-corrected chi connectivity index (χ2v) is 5.73. The monoisotopic (exact) mass is 258 g/mol. The van der Waals surface area contributed by atoms with Gasteiger partial charge in [-0.05, 0) is 18.4 Å². The highest BCUT2D eigenvalue weighted by atomic mass is 32.1. The second kappa shape index (κ2) is 5.98. The SMILES string of the molecule is C=CC[C@@](C)([NH2+]Cc1ccccc1)c1cccs1. The molecule has 0 amide bonds. The molecule has 2 rings (SSSR count). The lowest BCUT2D eigenvalue weighted by molar-refractivity contribution is -0.746. The largest absolute Gasteiger partial charge is 0.333 e. The molecule has 0 aliphatic rings. The molecule has 2 aromatic rings. The summed E-state index contributed by atoms with van der Waals surface area (Å²) in [6.07, 6.45) is 3.00. The van der Waals surface area contributed by atoms with Crippen molar-refractivity contribution >= 4 is 11.3 Å². The van der Waals surface area contributed by atoms with Gasteiger partial charge in [-0.1, -0.05) is 42.5 Å². The Morgan fingerprint density at radius 1 is 1.22 bits per heavy atom. The number of benzene rings is 1. The van der Waals surface area contributed by atoms with Crippen LogP contribution in [-0.4, -0.2) is 0 Å². The van der Waals surface area contributed by atoms with Gasteiger partial charge < -0.3 is 5.32 Å². The maximum Gasteiger partial charge on any atom is 0.132 e. The van der Waals surface area contributed by atoms with Gasteiger partial charge in [-0.2, -0.15) is 0 Å². The lowest BCUT2D eigenvalue weighted by Gasteiger charge is -2.25. The summed E-state index contributed by atoms with van der Waals surface area (Å²) >= 11 is 1.83. The minimum atomic E-state index is 0.103. The zero-order chi connectivity index (χ0) is 12.8. The van der Waals surface area contributed by atoms with E-state index in [0.29, 0.717) is 0 Å². The van der Waals surface area contributed by atoms with E-state index in [1.54, 1.807) is 0 Å². The Labute approximate surface area is 113 Å². The van der Waals surface area contributed by atoms with Crippen molar-refractivity contribution in [1.82, 2.24) is 0 Å². The molecule has 0 spiro atoms. The molecule has 0 bridgehead atoms. The Morgan fingerprint density at radius 3 is 2.61 bits per heavy atom. The Morgan fingerprint density at radius 2 is 2.00 bits per heavy atom. The molecule has 0 saturated carbocycles. The van der Waals surface area contributed by atoms with Crippen molar-refractivity contribution in [3.05, 3.63) is 70.9 Å². The van der Waals surface area contributed by atoms with Gasteiger partial charge in [-0.25, -0.2) is 0 Å². The molecule has 1 heterocycles. The fraction of sp³-hybridized carbons (Fsp3) is 0.250. The van der Waals surface area contributed by atoms with Gasteiger partial charge in [0.2, 0.25) is 0 Å². The number of thiophene rings is 1. The third-order valence-electron chi connectivity index (χ3n) is 3.28. The predicted molar refractivity (Wildman–Crippen MR) is 78.6 cm³/mol. The number of rotatable bonds is 6. The average Bonchev–Trinajstić information content (AvgIpc) is 2.93. The van der Waals surface area contributed by atoms with Crippen LogP contribution in [0.15, 0.2) is 60.5 Å². The Hall–Kier alpha value is -1.38. The first-order chi connectivity index (χ1) is 8.74. The molecule has 0 saturated heterocycles. The molecule has 0 unspecified atom stereocenters. The van der Waals surface area contributed by atoms with Gasteiger partial charge >= 0.3 is 0 Å². The first-order valence-corrected chi connectivity index (χ1v) is 7.16. The molecule has 2 heteroatoms. The molecule has 94 valence electrons. The van der Waals surface area contributed by atoms with Gasteiger partial charge in [0.1, 0.15) is 12.1 Å². The highest BCUT2D eigenvalue weighted by Gasteiger charge is 2.29. The Bertz CT molecular complexity index is 475. The molecule has 0 fully saturated rings. The molecule has 18 heavy (non-hydrogen) atoms.